The Hall–Kier alpha value is -1.88. The molecule has 22 heavy (non-hydrogen) atoms. The van der Waals surface area contributed by atoms with Crippen molar-refractivity contribution in [3.05, 3.63) is 40.0 Å². The second-order valence-electron chi connectivity index (χ2n) is 6.39. The minimum absolute atomic E-state index is 0.478. The second kappa shape index (κ2) is 5.09. The minimum atomic E-state index is 0.478. The predicted octanol–water partition coefficient (Wildman–Crippen LogP) is 4.12. The Labute approximate surface area is 134 Å². The summed E-state index contributed by atoms with van der Waals surface area (Å²) in [5, 5.41) is 9.34. The van der Waals surface area contributed by atoms with E-state index in [2.05, 4.69) is 30.0 Å². The Kier molecular flexibility index (Phi) is 3.18. The van der Waals surface area contributed by atoms with Crippen molar-refractivity contribution in [2.45, 2.75) is 45.1 Å². The maximum atomic E-state index is 6.21. The monoisotopic (exact) mass is 312 g/mol. The Balaban J connectivity index is 1.76. The number of rotatable bonds is 4. The van der Waals surface area contributed by atoms with E-state index in [1.54, 1.807) is 11.3 Å². The maximum absolute atomic E-state index is 6.21. The lowest BCUT2D eigenvalue weighted by Crippen LogP contribution is -2.03. The number of thiazole rings is 1. The van der Waals surface area contributed by atoms with Gasteiger partial charge in [0.1, 0.15) is 0 Å². The van der Waals surface area contributed by atoms with Gasteiger partial charge in [0.2, 0.25) is 0 Å². The molecule has 1 aliphatic carbocycles. The third-order valence-electron chi connectivity index (χ3n) is 4.18. The lowest BCUT2D eigenvalue weighted by Gasteiger charge is -2.02. The first-order valence-corrected chi connectivity index (χ1v) is 8.70. The molecule has 1 aliphatic rings. The fraction of sp³-hybridized carbons (Fsp3) is 0.412. The first-order chi connectivity index (χ1) is 10.6. The highest BCUT2D eigenvalue weighted by atomic mass is 32.1. The molecule has 0 aliphatic heterocycles. The number of fused-ring (bicyclic) bond motifs is 1. The van der Waals surface area contributed by atoms with E-state index in [0.29, 0.717) is 11.8 Å². The van der Waals surface area contributed by atoms with Crippen molar-refractivity contribution in [1.29, 1.82) is 0 Å². The number of hydrogen-bond acceptors (Lipinski definition) is 4. The molecule has 2 N–H and O–H groups in total. The minimum Gasteiger partial charge on any atom is -0.398 e. The van der Waals surface area contributed by atoms with Crippen LogP contribution in [-0.4, -0.2) is 14.8 Å². The van der Waals surface area contributed by atoms with Crippen LogP contribution in [0, 0.1) is 0 Å². The third kappa shape index (κ3) is 2.29. The summed E-state index contributed by atoms with van der Waals surface area (Å²) in [6, 6.07) is 6.09. The lowest BCUT2D eigenvalue weighted by molar-refractivity contribution is 0.679. The van der Waals surface area contributed by atoms with Crippen molar-refractivity contribution in [2.24, 2.45) is 0 Å². The molecule has 4 nitrogen and oxygen atoms in total. The van der Waals surface area contributed by atoms with E-state index in [1.165, 1.54) is 23.5 Å². The van der Waals surface area contributed by atoms with Crippen molar-refractivity contribution >= 4 is 27.9 Å². The first kappa shape index (κ1) is 13.8. The SMILES string of the molecule is CC(C)c1nc(Cn2nc(C3CC3)c3c(N)cccc32)cs1. The van der Waals surface area contributed by atoms with Gasteiger partial charge in [0.15, 0.2) is 0 Å². The van der Waals surface area contributed by atoms with Crippen LogP contribution in [0.1, 0.15) is 54.9 Å². The van der Waals surface area contributed by atoms with Gasteiger partial charge in [0.05, 0.1) is 28.5 Å². The van der Waals surface area contributed by atoms with Gasteiger partial charge in [-0.25, -0.2) is 4.98 Å². The van der Waals surface area contributed by atoms with Crippen LogP contribution < -0.4 is 5.73 Å². The smallest absolute Gasteiger partial charge is 0.0954 e. The van der Waals surface area contributed by atoms with Crippen LogP contribution in [0.15, 0.2) is 23.6 Å². The highest BCUT2D eigenvalue weighted by Crippen LogP contribution is 2.43. The third-order valence-corrected chi connectivity index (χ3v) is 5.37. The molecule has 2 heterocycles. The average molecular weight is 312 g/mol. The molecule has 1 fully saturated rings. The molecular weight excluding hydrogens is 292 g/mol. The fourth-order valence-corrected chi connectivity index (χ4v) is 3.69. The zero-order valence-electron chi connectivity index (χ0n) is 12.9. The van der Waals surface area contributed by atoms with Crippen LogP contribution in [0.3, 0.4) is 0 Å². The summed E-state index contributed by atoms with van der Waals surface area (Å²) < 4.78 is 2.07. The Morgan fingerprint density at radius 3 is 2.86 bits per heavy atom. The summed E-state index contributed by atoms with van der Waals surface area (Å²) in [5.41, 5.74) is 10.4. The summed E-state index contributed by atoms with van der Waals surface area (Å²) in [6.07, 6.45) is 2.46. The van der Waals surface area contributed by atoms with E-state index in [-0.39, 0.29) is 0 Å². The van der Waals surface area contributed by atoms with Gasteiger partial charge in [-0.05, 0) is 25.0 Å². The molecule has 2 aromatic heterocycles. The van der Waals surface area contributed by atoms with Gasteiger partial charge in [0.25, 0.3) is 0 Å². The summed E-state index contributed by atoms with van der Waals surface area (Å²) in [5.74, 6) is 1.07. The number of nitrogen functional groups attached to an aromatic ring is 1. The molecule has 114 valence electrons. The topological polar surface area (TPSA) is 56.7 Å². The van der Waals surface area contributed by atoms with Crippen LogP contribution in [0.25, 0.3) is 10.9 Å². The normalized spacial score (nSPS) is 15.0. The molecule has 0 atom stereocenters. The van der Waals surface area contributed by atoms with Crippen molar-refractivity contribution in [3.8, 4) is 0 Å². The number of benzene rings is 1. The molecule has 1 saturated carbocycles. The number of aromatic nitrogens is 3. The van der Waals surface area contributed by atoms with Gasteiger partial charge in [0, 0.05) is 28.3 Å². The summed E-state index contributed by atoms with van der Waals surface area (Å²) in [7, 11) is 0. The highest BCUT2D eigenvalue weighted by Gasteiger charge is 2.30. The standard InChI is InChI=1S/C17H20N4S/c1-10(2)17-19-12(9-22-17)8-21-14-5-3-4-13(18)15(14)16(20-21)11-6-7-11/h3-5,9-11H,6-8,18H2,1-2H3. The average Bonchev–Trinajstić information content (AvgIpc) is 3.11. The maximum Gasteiger partial charge on any atom is 0.0954 e. The van der Waals surface area contributed by atoms with Gasteiger partial charge < -0.3 is 5.73 Å². The molecule has 5 heteroatoms. The van der Waals surface area contributed by atoms with E-state index < -0.39 is 0 Å². The Morgan fingerprint density at radius 2 is 2.18 bits per heavy atom. The van der Waals surface area contributed by atoms with Crippen molar-refractivity contribution in [2.75, 3.05) is 5.73 Å². The van der Waals surface area contributed by atoms with Gasteiger partial charge in [-0.15, -0.1) is 11.3 Å². The molecule has 1 aromatic carbocycles. The summed E-state index contributed by atoms with van der Waals surface area (Å²) in [4.78, 5) is 4.73. The van der Waals surface area contributed by atoms with E-state index in [9.17, 15) is 0 Å². The van der Waals surface area contributed by atoms with Crippen molar-refractivity contribution in [3.63, 3.8) is 0 Å². The zero-order valence-corrected chi connectivity index (χ0v) is 13.7. The van der Waals surface area contributed by atoms with E-state index >= 15 is 0 Å². The highest BCUT2D eigenvalue weighted by molar-refractivity contribution is 7.09. The van der Waals surface area contributed by atoms with Crippen LogP contribution in [0.2, 0.25) is 0 Å². The summed E-state index contributed by atoms with van der Waals surface area (Å²) in [6.45, 7) is 5.07. The lowest BCUT2D eigenvalue weighted by atomic mass is 10.1. The van der Waals surface area contributed by atoms with Crippen LogP contribution in [0.5, 0.6) is 0 Å². The molecule has 4 rings (SSSR count). The van der Waals surface area contributed by atoms with Gasteiger partial charge in [-0.1, -0.05) is 19.9 Å². The molecule has 0 bridgehead atoms. The predicted molar refractivity (Wildman–Crippen MR) is 91.4 cm³/mol. The van der Waals surface area contributed by atoms with E-state index in [1.807, 2.05) is 12.1 Å². The van der Waals surface area contributed by atoms with Crippen molar-refractivity contribution in [1.82, 2.24) is 14.8 Å². The zero-order chi connectivity index (χ0) is 15.3. The quantitative estimate of drug-likeness (QED) is 0.737. The number of nitrogens with two attached hydrogens (primary N) is 1. The van der Waals surface area contributed by atoms with Gasteiger partial charge >= 0.3 is 0 Å². The fourth-order valence-electron chi connectivity index (χ4n) is 2.86. The second-order valence-corrected chi connectivity index (χ2v) is 7.28. The number of hydrogen-bond donors (Lipinski definition) is 1. The molecule has 0 radical (unpaired) electrons. The van der Waals surface area contributed by atoms with Crippen LogP contribution in [0.4, 0.5) is 5.69 Å². The van der Waals surface area contributed by atoms with Gasteiger partial charge in [-0.3, -0.25) is 4.68 Å². The molecule has 3 aromatic rings. The number of anilines is 1. The van der Waals surface area contributed by atoms with E-state index in [4.69, 9.17) is 15.8 Å². The van der Waals surface area contributed by atoms with Crippen molar-refractivity contribution < 1.29 is 0 Å². The Bertz CT molecular complexity index is 826. The first-order valence-electron chi connectivity index (χ1n) is 7.82. The molecular formula is C17H20N4S. The largest absolute Gasteiger partial charge is 0.398 e. The number of nitrogens with zero attached hydrogens (tertiary/aromatic N) is 3. The molecule has 0 spiro atoms. The van der Waals surface area contributed by atoms with Gasteiger partial charge in [-0.2, -0.15) is 5.10 Å². The Morgan fingerprint density at radius 1 is 1.36 bits per heavy atom. The molecule has 0 amide bonds. The van der Waals surface area contributed by atoms with Crippen LogP contribution >= 0.6 is 11.3 Å². The summed E-state index contributed by atoms with van der Waals surface area (Å²) >= 11 is 1.73. The van der Waals surface area contributed by atoms with Crippen LogP contribution in [-0.2, 0) is 6.54 Å². The van der Waals surface area contributed by atoms with E-state index in [0.717, 1.165) is 28.8 Å². The molecule has 0 unspecified atom stereocenters. The molecule has 0 saturated heterocycles.